The molecule has 0 aromatic heterocycles. The van der Waals surface area contributed by atoms with E-state index in [0.717, 1.165) is 71.6 Å². The van der Waals surface area contributed by atoms with Crippen LogP contribution in [0.1, 0.15) is 25.7 Å². The molecule has 0 bridgehead atoms. The van der Waals surface area contributed by atoms with Crippen LogP contribution in [-0.4, -0.2) is 96.4 Å². The van der Waals surface area contributed by atoms with Crippen LogP contribution in [0, 0.1) is 0 Å². The summed E-state index contributed by atoms with van der Waals surface area (Å²) in [6, 6.07) is 0.524. The molecule has 0 aromatic carbocycles. The second-order valence-corrected chi connectivity index (χ2v) is 7.99. The lowest BCUT2D eigenvalue weighted by Crippen LogP contribution is -2.49. The Morgan fingerprint density at radius 2 is 1.54 bits per heavy atom. The molecule has 0 saturated carbocycles. The second-order valence-electron chi connectivity index (χ2n) is 7.00. The van der Waals surface area contributed by atoms with Crippen LogP contribution < -0.4 is 5.32 Å². The van der Waals surface area contributed by atoms with Crippen LogP contribution in [0.5, 0.6) is 0 Å². The molecule has 3 rings (SSSR count). The summed E-state index contributed by atoms with van der Waals surface area (Å²) in [7, 11) is 0. The summed E-state index contributed by atoms with van der Waals surface area (Å²) in [5, 5.41) is 3.38. The predicted octanol–water partition coefficient (Wildman–Crippen LogP) is 0.238. The fourth-order valence-corrected chi connectivity index (χ4v) is 4.68. The van der Waals surface area contributed by atoms with Gasteiger partial charge in [-0.25, -0.2) is 0 Å². The first-order valence-corrected chi connectivity index (χ1v) is 10.5. The zero-order valence-corrected chi connectivity index (χ0v) is 15.4. The van der Waals surface area contributed by atoms with Gasteiger partial charge in [-0.05, 0) is 25.7 Å². The van der Waals surface area contributed by atoms with Gasteiger partial charge in [-0.15, -0.1) is 11.8 Å². The molecular weight excluding hydrogens is 324 g/mol. The van der Waals surface area contributed by atoms with Gasteiger partial charge in [0.25, 0.3) is 0 Å². The lowest BCUT2D eigenvalue weighted by molar-refractivity contribution is -0.129. The van der Waals surface area contributed by atoms with Gasteiger partial charge < -0.3 is 15.1 Å². The standard InChI is InChI=1S/C17H30N4O2S/c22-16(20-7-2-1-3-8-20)13-24-14-17(23)21-9-4-15(12-21)19-10-5-18-6-11-19/h15,18H,1-14H2. The van der Waals surface area contributed by atoms with Crippen LogP contribution >= 0.6 is 11.8 Å². The molecule has 1 atom stereocenters. The van der Waals surface area contributed by atoms with Gasteiger partial charge in [0.2, 0.25) is 11.8 Å². The number of nitrogens with one attached hydrogen (secondary N) is 1. The van der Waals surface area contributed by atoms with Crippen molar-refractivity contribution in [2.24, 2.45) is 0 Å². The van der Waals surface area contributed by atoms with Gasteiger partial charge in [0.15, 0.2) is 0 Å². The van der Waals surface area contributed by atoms with Crippen molar-refractivity contribution in [1.29, 1.82) is 0 Å². The van der Waals surface area contributed by atoms with E-state index in [4.69, 9.17) is 0 Å². The van der Waals surface area contributed by atoms with Crippen molar-refractivity contribution in [3.8, 4) is 0 Å². The first-order valence-electron chi connectivity index (χ1n) is 9.32. The van der Waals surface area contributed by atoms with Gasteiger partial charge in [0.1, 0.15) is 0 Å². The number of carbonyl (C=O) groups is 2. The van der Waals surface area contributed by atoms with Crippen molar-refractivity contribution in [2.75, 3.05) is 63.9 Å². The van der Waals surface area contributed by atoms with Gasteiger partial charge in [0, 0.05) is 58.4 Å². The molecular formula is C17H30N4O2S. The van der Waals surface area contributed by atoms with E-state index in [0.29, 0.717) is 17.5 Å². The Bertz CT molecular complexity index is 436. The quantitative estimate of drug-likeness (QED) is 0.766. The van der Waals surface area contributed by atoms with Gasteiger partial charge in [-0.1, -0.05) is 0 Å². The summed E-state index contributed by atoms with van der Waals surface area (Å²) in [6.07, 6.45) is 4.56. The highest BCUT2D eigenvalue weighted by Gasteiger charge is 2.30. The largest absolute Gasteiger partial charge is 0.342 e. The summed E-state index contributed by atoms with van der Waals surface area (Å²) in [4.78, 5) is 31.0. The molecule has 0 radical (unpaired) electrons. The average molecular weight is 355 g/mol. The molecule has 0 spiro atoms. The topological polar surface area (TPSA) is 55.9 Å². The molecule has 6 nitrogen and oxygen atoms in total. The minimum atomic E-state index is 0.198. The third kappa shape index (κ3) is 4.86. The highest BCUT2D eigenvalue weighted by molar-refractivity contribution is 8.00. The van der Waals surface area contributed by atoms with Crippen molar-refractivity contribution in [1.82, 2.24) is 20.0 Å². The minimum absolute atomic E-state index is 0.198. The van der Waals surface area contributed by atoms with Gasteiger partial charge in [0.05, 0.1) is 11.5 Å². The smallest absolute Gasteiger partial charge is 0.232 e. The number of rotatable bonds is 5. The molecule has 1 N–H and O–H groups in total. The fourth-order valence-electron chi connectivity index (χ4n) is 3.87. The number of hydrogen-bond donors (Lipinski definition) is 1. The number of thioether (sulfide) groups is 1. The zero-order chi connectivity index (χ0) is 16.8. The molecule has 0 aromatic rings. The summed E-state index contributed by atoms with van der Waals surface area (Å²) < 4.78 is 0. The second kappa shape index (κ2) is 9.06. The molecule has 1 unspecified atom stereocenters. The van der Waals surface area contributed by atoms with E-state index in [1.807, 2.05) is 9.80 Å². The molecule has 136 valence electrons. The van der Waals surface area contributed by atoms with Crippen molar-refractivity contribution < 1.29 is 9.59 Å². The highest BCUT2D eigenvalue weighted by atomic mass is 32.2. The van der Waals surface area contributed by atoms with E-state index in [2.05, 4.69) is 10.2 Å². The van der Waals surface area contributed by atoms with Crippen LogP contribution in [0.4, 0.5) is 0 Å². The van der Waals surface area contributed by atoms with Crippen LogP contribution in [0.2, 0.25) is 0 Å². The first kappa shape index (κ1) is 18.0. The number of nitrogens with zero attached hydrogens (tertiary/aromatic N) is 3. The lowest BCUT2D eigenvalue weighted by atomic mass is 10.1. The number of carbonyl (C=O) groups excluding carboxylic acids is 2. The molecule has 24 heavy (non-hydrogen) atoms. The molecule has 3 aliphatic rings. The Labute approximate surface area is 149 Å². The number of amides is 2. The van der Waals surface area contributed by atoms with Gasteiger partial charge >= 0.3 is 0 Å². The van der Waals surface area contributed by atoms with E-state index < -0.39 is 0 Å². The maximum Gasteiger partial charge on any atom is 0.232 e. The minimum Gasteiger partial charge on any atom is -0.342 e. The third-order valence-electron chi connectivity index (χ3n) is 5.34. The Hall–Kier alpha value is -0.790. The van der Waals surface area contributed by atoms with Crippen molar-refractivity contribution in [3.63, 3.8) is 0 Å². The van der Waals surface area contributed by atoms with E-state index in [1.165, 1.54) is 18.2 Å². The third-order valence-corrected chi connectivity index (χ3v) is 6.25. The molecule has 3 fully saturated rings. The Balaban J connectivity index is 1.34. The number of likely N-dealkylation sites (tertiary alicyclic amines) is 2. The molecule has 2 amide bonds. The molecule has 3 saturated heterocycles. The highest BCUT2D eigenvalue weighted by Crippen LogP contribution is 2.18. The Morgan fingerprint density at radius 3 is 2.25 bits per heavy atom. The van der Waals surface area contributed by atoms with Gasteiger partial charge in [-0.3, -0.25) is 14.5 Å². The van der Waals surface area contributed by atoms with Crippen molar-refractivity contribution in [3.05, 3.63) is 0 Å². The maximum absolute atomic E-state index is 12.4. The van der Waals surface area contributed by atoms with Crippen LogP contribution in [0.15, 0.2) is 0 Å². The SMILES string of the molecule is O=C(CSCC(=O)N1CCC(N2CCNCC2)C1)N1CCCCC1. The Kier molecular flexibility index (Phi) is 6.80. The van der Waals surface area contributed by atoms with E-state index in [1.54, 1.807) is 0 Å². The molecule has 3 aliphatic heterocycles. The van der Waals surface area contributed by atoms with Crippen LogP contribution in [-0.2, 0) is 9.59 Å². The summed E-state index contributed by atoms with van der Waals surface area (Å²) in [5.41, 5.74) is 0. The summed E-state index contributed by atoms with van der Waals surface area (Å²) >= 11 is 1.48. The number of piperazine rings is 1. The zero-order valence-electron chi connectivity index (χ0n) is 14.5. The van der Waals surface area contributed by atoms with Crippen molar-refractivity contribution >= 4 is 23.6 Å². The fraction of sp³-hybridized carbons (Fsp3) is 0.882. The lowest BCUT2D eigenvalue weighted by Gasteiger charge is -2.32. The van der Waals surface area contributed by atoms with Crippen LogP contribution in [0.25, 0.3) is 0 Å². The monoisotopic (exact) mass is 354 g/mol. The van der Waals surface area contributed by atoms with Crippen LogP contribution in [0.3, 0.4) is 0 Å². The van der Waals surface area contributed by atoms with E-state index >= 15 is 0 Å². The molecule has 7 heteroatoms. The maximum atomic E-state index is 12.4. The van der Waals surface area contributed by atoms with E-state index in [-0.39, 0.29) is 11.8 Å². The molecule has 3 heterocycles. The number of hydrogen-bond acceptors (Lipinski definition) is 5. The summed E-state index contributed by atoms with van der Waals surface area (Å²) in [6.45, 7) is 7.81. The summed E-state index contributed by atoms with van der Waals surface area (Å²) in [5.74, 6) is 1.28. The van der Waals surface area contributed by atoms with E-state index in [9.17, 15) is 9.59 Å². The Morgan fingerprint density at radius 1 is 0.875 bits per heavy atom. The normalized spacial score (nSPS) is 25.9. The number of piperidine rings is 1. The first-order chi connectivity index (χ1) is 11.7. The predicted molar refractivity (Wildman–Crippen MR) is 97.2 cm³/mol. The van der Waals surface area contributed by atoms with Gasteiger partial charge in [-0.2, -0.15) is 0 Å². The molecule has 0 aliphatic carbocycles. The van der Waals surface area contributed by atoms with Crippen molar-refractivity contribution in [2.45, 2.75) is 31.7 Å². The average Bonchev–Trinajstić information content (AvgIpc) is 3.13.